The van der Waals surface area contributed by atoms with Crippen molar-refractivity contribution in [1.29, 1.82) is 0 Å². The number of ketones is 1. The summed E-state index contributed by atoms with van der Waals surface area (Å²) >= 11 is 0. The smallest absolute Gasteiger partial charge is 0.295 e. The number of benzene rings is 2. The van der Waals surface area contributed by atoms with Gasteiger partial charge in [-0.2, -0.15) is 0 Å². The van der Waals surface area contributed by atoms with Crippen LogP contribution in [0.15, 0.2) is 66.8 Å². The predicted molar refractivity (Wildman–Crippen MR) is 145 cm³/mol. The molecular weight excluding hydrogens is 501 g/mol. The fourth-order valence-corrected chi connectivity index (χ4v) is 4.68. The summed E-state index contributed by atoms with van der Waals surface area (Å²) in [6.07, 6.45) is 8.80. The number of hydrogen-bond acceptors (Lipinski definition) is 6. The first kappa shape index (κ1) is 27.9. The van der Waals surface area contributed by atoms with Crippen molar-refractivity contribution in [1.82, 2.24) is 14.5 Å². The number of aromatic nitrogens is 2. The number of rotatable bonds is 13. The molecule has 1 N–H and O–H groups in total. The highest BCUT2D eigenvalue weighted by atomic mass is 19.1. The molecular formula is C30H34FN3O5. The molecule has 0 radical (unpaired) electrons. The molecule has 0 aliphatic carbocycles. The maximum Gasteiger partial charge on any atom is 0.295 e. The van der Waals surface area contributed by atoms with Crippen molar-refractivity contribution in [2.24, 2.45) is 0 Å². The number of nitrogens with zero attached hydrogens (tertiary/aromatic N) is 3. The number of hydrogen-bond donors (Lipinski definition) is 1. The second-order valence-corrected chi connectivity index (χ2v) is 9.35. The third-order valence-corrected chi connectivity index (χ3v) is 6.62. The van der Waals surface area contributed by atoms with Crippen molar-refractivity contribution < 1.29 is 28.6 Å². The predicted octanol–water partition coefficient (Wildman–Crippen LogP) is 5.50. The lowest BCUT2D eigenvalue weighted by Gasteiger charge is -2.26. The Morgan fingerprint density at radius 3 is 2.49 bits per heavy atom. The van der Waals surface area contributed by atoms with E-state index in [1.165, 1.54) is 29.2 Å². The first-order valence-electron chi connectivity index (χ1n) is 13.3. The van der Waals surface area contributed by atoms with Crippen LogP contribution in [-0.2, 0) is 16.1 Å². The third-order valence-electron chi connectivity index (χ3n) is 6.62. The molecule has 1 unspecified atom stereocenters. The molecule has 1 aromatic heterocycles. The Balaban J connectivity index is 1.72. The molecule has 1 saturated heterocycles. The van der Waals surface area contributed by atoms with E-state index < -0.39 is 23.5 Å². The van der Waals surface area contributed by atoms with Gasteiger partial charge in [-0.25, -0.2) is 9.37 Å². The number of halogens is 1. The molecule has 39 heavy (non-hydrogen) atoms. The van der Waals surface area contributed by atoms with E-state index >= 15 is 0 Å². The quantitative estimate of drug-likeness (QED) is 0.134. The van der Waals surface area contributed by atoms with Gasteiger partial charge in [-0.15, -0.1) is 0 Å². The Kier molecular flexibility index (Phi) is 9.35. The zero-order valence-corrected chi connectivity index (χ0v) is 22.3. The van der Waals surface area contributed by atoms with Gasteiger partial charge in [-0.3, -0.25) is 9.59 Å². The fraction of sp³-hybridized carbons (Fsp3) is 0.367. The molecule has 3 aromatic rings. The average Bonchev–Trinajstić information content (AvgIpc) is 3.54. The molecule has 1 fully saturated rings. The summed E-state index contributed by atoms with van der Waals surface area (Å²) in [5.41, 5.74) is 0.803. The number of aliphatic hydroxyl groups is 1. The topological polar surface area (TPSA) is 93.9 Å². The van der Waals surface area contributed by atoms with Crippen molar-refractivity contribution >= 4 is 17.4 Å². The van der Waals surface area contributed by atoms with Gasteiger partial charge in [0.15, 0.2) is 11.5 Å². The minimum absolute atomic E-state index is 0.0479. The number of carbonyl (C=O) groups is 2. The van der Waals surface area contributed by atoms with Gasteiger partial charge in [0, 0.05) is 31.0 Å². The number of ether oxygens (including phenoxy) is 2. The third kappa shape index (κ3) is 6.47. The highest BCUT2D eigenvalue weighted by molar-refractivity contribution is 6.46. The van der Waals surface area contributed by atoms with Crippen LogP contribution in [0.4, 0.5) is 4.39 Å². The van der Waals surface area contributed by atoms with Crippen LogP contribution in [0.1, 0.15) is 56.7 Å². The normalized spacial score (nSPS) is 16.6. The number of aliphatic hydroxyl groups excluding tert-OH is 1. The van der Waals surface area contributed by atoms with Gasteiger partial charge in [0.2, 0.25) is 0 Å². The standard InChI is InChI=1S/C30H34FN3O5/c1-3-5-6-18-39-24-13-10-22(19-25(24)38-4-2)27-26(28(35)21-8-11-23(31)12-9-21)29(36)30(37)34(27)16-7-15-33-17-14-32-20-33/h8-14,17,19-20,27,35H,3-7,15-16,18H2,1-2H3. The Bertz CT molecular complexity index is 1300. The van der Waals surface area contributed by atoms with Gasteiger partial charge in [0.25, 0.3) is 11.7 Å². The molecule has 2 heterocycles. The Morgan fingerprint density at radius 2 is 1.79 bits per heavy atom. The zero-order valence-electron chi connectivity index (χ0n) is 22.3. The van der Waals surface area contributed by atoms with Gasteiger partial charge in [-0.1, -0.05) is 25.8 Å². The van der Waals surface area contributed by atoms with E-state index in [9.17, 15) is 19.1 Å². The number of aryl methyl sites for hydroxylation is 1. The molecule has 9 heteroatoms. The number of amides is 1. The fourth-order valence-electron chi connectivity index (χ4n) is 4.68. The van der Waals surface area contributed by atoms with Crippen molar-refractivity contribution in [3.63, 3.8) is 0 Å². The second kappa shape index (κ2) is 13.1. The number of Topliss-reactive ketones (excluding diaryl/α,β-unsaturated/α-hetero) is 1. The lowest BCUT2D eigenvalue weighted by atomic mass is 9.95. The number of carbonyl (C=O) groups excluding carboxylic acids is 2. The van der Waals surface area contributed by atoms with Crippen molar-refractivity contribution in [3.05, 3.63) is 83.7 Å². The van der Waals surface area contributed by atoms with E-state index in [1.807, 2.05) is 17.7 Å². The number of imidazole rings is 1. The van der Waals surface area contributed by atoms with Crippen LogP contribution >= 0.6 is 0 Å². The van der Waals surface area contributed by atoms with Crippen LogP contribution in [-0.4, -0.2) is 51.0 Å². The maximum atomic E-state index is 13.6. The van der Waals surface area contributed by atoms with Gasteiger partial charge >= 0.3 is 0 Å². The minimum Gasteiger partial charge on any atom is -0.507 e. The van der Waals surface area contributed by atoms with Crippen LogP contribution in [0.25, 0.3) is 5.76 Å². The van der Waals surface area contributed by atoms with Crippen LogP contribution in [0.2, 0.25) is 0 Å². The highest BCUT2D eigenvalue weighted by Gasteiger charge is 2.46. The van der Waals surface area contributed by atoms with Gasteiger partial charge in [0.1, 0.15) is 11.6 Å². The van der Waals surface area contributed by atoms with Gasteiger partial charge in [0.05, 0.1) is 31.2 Å². The second-order valence-electron chi connectivity index (χ2n) is 9.35. The van der Waals surface area contributed by atoms with E-state index in [0.717, 1.165) is 19.3 Å². The van der Waals surface area contributed by atoms with Crippen molar-refractivity contribution in [3.8, 4) is 11.5 Å². The van der Waals surface area contributed by atoms with E-state index in [1.54, 1.807) is 30.7 Å². The Hall–Kier alpha value is -4.14. The van der Waals surface area contributed by atoms with E-state index in [4.69, 9.17) is 9.47 Å². The highest BCUT2D eigenvalue weighted by Crippen LogP contribution is 2.42. The molecule has 2 aromatic carbocycles. The summed E-state index contributed by atoms with van der Waals surface area (Å²) < 4.78 is 27.3. The van der Waals surface area contributed by atoms with Gasteiger partial charge < -0.3 is 24.0 Å². The molecule has 8 nitrogen and oxygen atoms in total. The van der Waals surface area contributed by atoms with Crippen LogP contribution in [0.3, 0.4) is 0 Å². The van der Waals surface area contributed by atoms with Crippen LogP contribution in [0.5, 0.6) is 11.5 Å². The first-order chi connectivity index (χ1) is 18.9. The van der Waals surface area contributed by atoms with Crippen molar-refractivity contribution in [2.45, 2.75) is 52.1 Å². The maximum absolute atomic E-state index is 13.6. The SMILES string of the molecule is CCCCCOc1ccc(C2C(=C(O)c3ccc(F)cc3)C(=O)C(=O)N2CCCn2ccnc2)cc1OCC. The first-order valence-corrected chi connectivity index (χ1v) is 13.3. The van der Waals surface area contributed by atoms with Crippen LogP contribution in [0, 0.1) is 5.82 Å². The molecule has 0 bridgehead atoms. The number of unbranched alkanes of at least 4 members (excludes halogenated alkanes) is 2. The molecule has 1 atom stereocenters. The lowest BCUT2D eigenvalue weighted by molar-refractivity contribution is -0.139. The zero-order chi connectivity index (χ0) is 27.8. The molecule has 4 rings (SSSR count). The number of likely N-dealkylation sites (tertiary alicyclic amines) is 1. The van der Waals surface area contributed by atoms with E-state index in [-0.39, 0.29) is 23.4 Å². The largest absolute Gasteiger partial charge is 0.507 e. The lowest BCUT2D eigenvalue weighted by Crippen LogP contribution is -2.31. The monoisotopic (exact) mass is 535 g/mol. The van der Waals surface area contributed by atoms with Crippen molar-refractivity contribution in [2.75, 3.05) is 19.8 Å². The van der Waals surface area contributed by atoms with E-state index in [2.05, 4.69) is 11.9 Å². The molecule has 1 aliphatic heterocycles. The summed E-state index contributed by atoms with van der Waals surface area (Å²) in [4.78, 5) is 32.1. The average molecular weight is 536 g/mol. The molecule has 1 amide bonds. The molecule has 0 saturated carbocycles. The van der Waals surface area contributed by atoms with E-state index in [0.29, 0.717) is 43.2 Å². The Labute approximate surface area is 227 Å². The van der Waals surface area contributed by atoms with Gasteiger partial charge in [-0.05, 0) is 61.7 Å². The molecule has 206 valence electrons. The Morgan fingerprint density at radius 1 is 1.00 bits per heavy atom. The summed E-state index contributed by atoms with van der Waals surface area (Å²) in [7, 11) is 0. The summed E-state index contributed by atoms with van der Waals surface area (Å²) in [5, 5.41) is 11.2. The molecule has 1 aliphatic rings. The minimum atomic E-state index is -0.855. The summed E-state index contributed by atoms with van der Waals surface area (Å²) in [6, 6.07) is 9.62. The summed E-state index contributed by atoms with van der Waals surface area (Å²) in [6.45, 7) is 5.80. The summed E-state index contributed by atoms with van der Waals surface area (Å²) in [5.74, 6) is -1.24. The van der Waals surface area contributed by atoms with Crippen LogP contribution < -0.4 is 9.47 Å². The molecule has 0 spiro atoms.